The van der Waals surface area contributed by atoms with E-state index >= 15 is 0 Å². The van der Waals surface area contributed by atoms with Crippen molar-refractivity contribution in [3.63, 3.8) is 0 Å². The maximum absolute atomic E-state index is 8.68. The molecule has 0 spiro atoms. The maximum atomic E-state index is 8.68. The minimum absolute atomic E-state index is 0.120. The summed E-state index contributed by atoms with van der Waals surface area (Å²) >= 11 is 0. The minimum atomic E-state index is -0.377. The molecule has 1 aliphatic rings. The normalized spacial score (nSPS) is 30.2. The molecule has 0 aromatic heterocycles. The van der Waals surface area contributed by atoms with Gasteiger partial charge in [0.2, 0.25) is 0 Å². The van der Waals surface area contributed by atoms with Gasteiger partial charge in [0, 0.05) is 17.8 Å². The Labute approximate surface area is 66.4 Å². The first kappa shape index (κ1) is 8.30. The highest BCUT2D eigenvalue weighted by atomic mass is 16.3. The lowest BCUT2D eigenvalue weighted by atomic mass is 9.89. The van der Waals surface area contributed by atoms with Crippen LogP contribution in [0.25, 0.3) is 0 Å². The first-order valence-electron chi connectivity index (χ1n) is 3.71. The summed E-state index contributed by atoms with van der Waals surface area (Å²) in [5, 5.41) is 8.68. The van der Waals surface area contributed by atoms with Crippen molar-refractivity contribution < 1.29 is 5.11 Å². The van der Waals surface area contributed by atoms with Gasteiger partial charge in [-0.1, -0.05) is 12.2 Å². The van der Waals surface area contributed by atoms with Crippen molar-refractivity contribution in [3.8, 4) is 0 Å². The smallest absolute Gasteiger partial charge is 0.0451 e. The van der Waals surface area contributed by atoms with Crippen molar-refractivity contribution in [2.24, 2.45) is 11.5 Å². The average molecular weight is 154 g/mol. The molecule has 0 aliphatic heterocycles. The largest absolute Gasteiger partial charge is 0.399 e. The zero-order valence-electron chi connectivity index (χ0n) is 6.46. The lowest BCUT2D eigenvalue weighted by molar-refractivity contribution is 0.257. The van der Waals surface area contributed by atoms with Crippen LogP contribution in [0.15, 0.2) is 23.9 Å². The van der Waals surface area contributed by atoms with Crippen LogP contribution in [0.4, 0.5) is 0 Å². The molecule has 5 N–H and O–H groups in total. The number of hydrogen-bond acceptors (Lipinski definition) is 3. The molecule has 0 bridgehead atoms. The lowest BCUT2D eigenvalue weighted by Gasteiger charge is -2.26. The van der Waals surface area contributed by atoms with Gasteiger partial charge in [-0.2, -0.15) is 0 Å². The molecule has 3 nitrogen and oxygen atoms in total. The number of allylic oxidation sites excluding steroid dienone is 1. The Morgan fingerprint density at radius 2 is 2.36 bits per heavy atom. The fourth-order valence-electron chi connectivity index (χ4n) is 1.10. The summed E-state index contributed by atoms with van der Waals surface area (Å²) in [6.45, 7) is 0.120. The molecule has 1 aliphatic carbocycles. The molecule has 1 unspecified atom stereocenters. The van der Waals surface area contributed by atoms with Gasteiger partial charge >= 0.3 is 0 Å². The lowest BCUT2D eigenvalue weighted by Crippen LogP contribution is -2.39. The molecule has 1 atom stereocenters. The Hall–Kier alpha value is -0.800. The van der Waals surface area contributed by atoms with Crippen molar-refractivity contribution in [3.05, 3.63) is 23.9 Å². The maximum Gasteiger partial charge on any atom is 0.0451 e. The molecular formula is C8H14N2O. The number of rotatable bonds is 2. The monoisotopic (exact) mass is 154 g/mol. The summed E-state index contributed by atoms with van der Waals surface area (Å²) in [5.41, 5.74) is 11.8. The van der Waals surface area contributed by atoms with Crippen LogP contribution in [0, 0.1) is 0 Å². The zero-order chi connectivity index (χ0) is 8.32. The minimum Gasteiger partial charge on any atom is -0.399 e. The molecule has 3 heteroatoms. The van der Waals surface area contributed by atoms with Crippen LogP contribution >= 0.6 is 0 Å². The molecule has 1 rings (SSSR count). The second-order valence-electron chi connectivity index (χ2n) is 2.95. The number of aliphatic hydroxyl groups excluding tert-OH is 1. The number of nitrogens with two attached hydrogens (primary N) is 2. The fraction of sp³-hybridized carbons (Fsp3) is 0.500. The van der Waals surface area contributed by atoms with Crippen molar-refractivity contribution >= 4 is 0 Å². The van der Waals surface area contributed by atoms with Crippen LogP contribution < -0.4 is 11.5 Å². The van der Waals surface area contributed by atoms with Gasteiger partial charge in [-0.3, -0.25) is 0 Å². The van der Waals surface area contributed by atoms with E-state index in [1.165, 1.54) is 0 Å². The summed E-state index contributed by atoms with van der Waals surface area (Å²) in [5.74, 6) is 0. The van der Waals surface area contributed by atoms with E-state index in [1.54, 1.807) is 6.08 Å². The molecule has 11 heavy (non-hydrogen) atoms. The molecular weight excluding hydrogens is 140 g/mol. The van der Waals surface area contributed by atoms with Gasteiger partial charge in [-0.15, -0.1) is 0 Å². The average Bonchev–Trinajstić information content (AvgIpc) is 1.97. The van der Waals surface area contributed by atoms with Gasteiger partial charge in [0.25, 0.3) is 0 Å². The summed E-state index contributed by atoms with van der Waals surface area (Å²) in [6, 6.07) is 0. The highest BCUT2D eigenvalue weighted by molar-refractivity contribution is 5.26. The first-order chi connectivity index (χ1) is 5.16. The third-order valence-electron chi connectivity index (χ3n) is 1.90. The number of aliphatic hydroxyl groups is 1. The van der Waals surface area contributed by atoms with Gasteiger partial charge < -0.3 is 16.6 Å². The van der Waals surface area contributed by atoms with E-state index in [0.29, 0.717) is 6.42 Å². The zero-order valence-corrected chi connectivity index (χ0v) is 6.46. The molecule has 0 aromatic carbocycles. The Balaban J connectivity index is 2.58. The Bertz CT molecular complexity index is 198. The van der Waals surface area contributed by atoms with Crippen molar-refractivity contribution in [1.82, 2.24) is 0 Å². The summed E-state index contributed by atoms with van der Waals surface area (Å²) < 4.78 is 0. The Morgan fingerprint density at radius 1 is 1.64 bits per heavy atom. The van der Waals surface area contributed by atoms with E-state index < -0.39 is 0 Å². The van der Waals surface area contributed by atoms with Crippen LogP contribution in [0.2, 0.25) is 0 Å². The highest BCUT2D eigenvalue weighted by Gasteiger charge is 2.21. The Morgan fingerprint density at radius 3 is 2.82 bits per heavy atom. The highest BCUT2D eigenvalue weighted by Crippen LogP contribution is 2.19. The van der Waals surface area contributed by atoms with Crippen LogP contribution in [0.3, 0.4) is 0 Å². The van der Waals surface area contributed by atoms with Gasteiger partial charge in [-0.05, 0) is 18.9 Å². The second kappa shape index (κ2) is 3.07. The molecule has 0 heterocycles. The molecule has 62 valence electrons. The van der Waals surface area contributed by atoms with E-state index in [2.05, 4.69) is 0 Å². The van der Waals surface area contributed by atoms with Crippen molar-refractivity contribution in [2.45, 2.75) is 18.4 Å². The van der Waals surface area contributed by atoms with Crippen LogP contribution in [0.5, 0.6) is 0 Å². The standard InChI is InChI=1S/C8H14N2O/c9-7-1-3-8(10,4-2-7)5-6-11/h1-3,11H,4-6,9-10H2. The SMILES string of the molecule is NC1=CCC(N)(CCO)C=C1. The second-order valence-corrected chi connectivity index (χ2v) is 2.95. The third kappa shape index (κ3) is 2.06. The first-order valence-corrected chi connectivity index (χ1v) is 3.71. The predicted molar refractivity (Wildman–Crippen MR) is 44.6 cm³/mol. The van der Waals surface area contributed by atoms with Crippen LogP contribution in [0.1, 0.15) is 12.8 Å². The Kier molecular flexibility index (Phi) is 2.31. The van der Waals surface area contributed by atoms with E-state index in [0.717, 1.165) is 12.1 Å². The van der Waals surface area contributed by atoms with E-state index in [4.69, 9.17) is 16.6 Å². The van der Waals surface area contributed by atoms with E-state index in [1.807, 2.05) is 12.2 Å². The van der Waals surface area contributed by atoms with Gasteiger partial charge in [-0.25, -0.2) is 0 Å². The van der Waals surface area contributed by atoms with E-state index in [-0.39, 0.29) is 12.1 Å². The van der Waals surface area contributed by atoms with Crippen LogP contribution in [-0.4, -0.2) is 17.3 Å². The van der Waals surface area contributed by atoms with E-state index in [9.17, 15) is 0 Å². The third-order valence-corrected chi connectivity index (χ3v) is 1.90. The van der Waals surface area contributed by atoms with Gasteiger partial charge in [0.05, 0.1) is 0 Å². The molecule has 0 saturated carbocycles. The number of hydrogen-bond donors (Lipinski definition) is 3. The molecule has 0 aromatic rings. The molecule has 0 saturated heterocycles. The predicted octanol–water partition coefficient (Wildman–Crippen LogP) is -0.131. The van der Waals surface area contributed by atoms with Gasteiger partial charge in [0.15, 0.2) is 0 Å². The molecule has 0 radical (unpaired) electrons. The quantitative estimate of drug-likeness (QED) is 0.518. The van der Waals surface area contributed by atoms with Crippen molar-refractivity contribution in [1.29, 1.82) is 0 Å². The molecule has 0 amide bonds. The topological polar surface area (TPSA) is 72.3 Å². The van der Waals surface area contributed by atoms with Crippen LogP contribution in [-0.2, 0) is 0 Å². The fourth-order valence-corrected chi connectivity index (χ4v) is 1.10. The van der Waals surface area contributed by atoms with Gasteiger partial charge in [0.1, 0.15) is 0 Å². The van der Waals surface area contributed by atoms with Crippen molar-refractivity contribution in [2.75, 3.05) is 6.61 Å². The summed E-state index contributed by atoms with van der Waals surface area (Å²) in [7, 11) is 0. The molecule has 0 fully saturated rings. The summed E-state index contributed by atoms with van der Waals surface area (Å²) in [6.07, 6.45) is 6.84. The summed E-state index contributed by atoms with van der Waals surface area (Å²) in [4.78, 5) is 0.